The van der Waals surface area contributed by atoms with E-state index < -0.39 is 0 Å². The number of aromatic nitrogens is 4. The number of aromatic amines is 1. The van der Waals surface area contributed by atoms with Crippen LogP contribution in [-0.4, -0.2) is 19.3 Å². The summed E-state index contributed by atoms with van der Waals surface area (Å²) in [4.78, 5) is 25.0. The van der Waals surface area contributed by atoms with E-state index in [2.05, 4.69) is 10.1 Å². The van der Waals surface area contributed by atoms with Gasteiger partial charge in [0.2, 0.25) is 0 Å². The molecule has 0 radical (unpaired) electrons. The molecule has 0 saturated carbocycles. The van der Waals surface area contributed by atoms with Gasteiger partial charge in [-0.1, -0.05) is 0 Å². The van der Waals surface area contributed by atoms with E-state index in [-0.39, 0.29) is 11.2 Å². The lowest BCUT2D eigenvalue weighted by molar-refractivity contribution is 0.606. The van der Waals surface area contributed by atoms with Crippen LogP contribution in [0.15, 0.2) is 28.0 Å². The van der Waals surface area contributed by atoms with Gasteiger partial charge in [-0.3, -0.25) is 19.0 Å². The Bertz CT molecular complexity index is 635. The normalized spacial score (nSPS) is 10.7. The molecule has 0 unspecified atom stereocenters. The lowest BCUT2D eigenvalue weighted by atomic mass is 10.3. The Kier molecular flexibility index (Phi) is 2.95. The molecular weight excluding hydrogens is 220 g/mol. The van der Waals surface area contributed by atoms with E-state index in [0.717, 1.165) is 5.69 Å². The van der Waals surface area contributed by atoms with Crippen LogP contribution in [0.4, 0.5) is 0 Å². The Morgan fingerprint density at radius 3 is 2.82 bits per heavy atom. The molecule has 17 heavy (non-hydrogen) atoms. The van der Waals surface area contributed by atoms with Gasteiger partial charge < -0.3 is 0 Å². The van der Waals surface area contributed by atoms with Crippen LogP contribution < -0.4 is 11.2 Å². The van der Waals surface area contributed by atoms with Crippen LogP contribution in [0.3, 0.4) is 0 Å². The van der Waals surface area contributed by atoms with E-state index in [1.54, 1.807) is 24.0 Å². The summed E-state index contributed by atoms with van der Waals surface area (Å²) >= 11 is 0. The fourth-order valence-electron chi connectivity index (χ4n) is 1.67. The molecule has 0 amide bonds. The summed E-state index contributed by atoms with van der Waals surface area (Å²) in [7, 11) is 1.86. The van der Waals surface area contributed by atoms with E-state index in [1.807, 2.05) is 13.1 Å². The van der Waals surface area contributed by atoms with Crippen LogP contribution in [0.25, 0.3) is 0 Å². The minimum atomic E-state index is -0.372. The largest absolute Gasteiger partial charge is 0.328 e. The maximum atomic E-state index is 11.5. The van der Waals surface area contributed by atoms with E-state index >= 15 is 0 Å². The fourth-order valence-corrected chi connectivity index (χ4v) is 1.67. The molecule has 2 aromatic heterocycles. The molecule has 1 N–H and O–H groups in total. The zero-order valence-corrected chi connectivity index (χ0v) is 9.80. The van der Waals surface area contributed by atoms with Crippen molar-refractivity contribution in [2.75, 3.05) is 0 Å². The number of H-pyrrole nitrogens is 1. The predicted octanol–water partition coefficient (Wildman–Crippen LogP) is -0.179. The standard InChI is InChI=1S/C11H14N4O2/c1-8-7-15(11(17)13-10(8)16)6-4-9-3-5-12-14(9)2/h3,5,7H,4,6H2,1-2H3,(H,13,16,17). The summed E-state index contributed by atoms with van der Waals surface area (Å²) in [5, 5.41) is 4.05. The molecule has 0 bridgehead atoms. The van der Waals surface area contributed by atoms with E-state index in [4.69, 9.17) is 0 Å². The minimum absolute atomic E-state index is 0.327. The molecule has 0 fully saturated rings. The predicted molar refractivity (Wildman–Crippen MR) is 63.0 cm³/mol. The van der Waals surface area contributed by atoms with Crippen LogP contribution in [0.1, 0.15) is 11.3 Å². The van der Waals surface area contributed by atoms with Crippen LogP contribution in [-0.2, 0) is 20.0 Å². The first kappa shape index (κ1) is 11.4. The molecule has 0 aliphatic rings. The summed E-state index contributed by atoms with van der Waals surface area (Å²) < 4.78 is 3.27. The Morgan fingerprint density at radius 2 is 2.18 bits per heavy atom. The molecule has 2 heterocycles. The Hall–Kier alpha value is -2.11. The third-order valence-electron chi connectivity index (χ3n) is 2.72. The number of rotatable bonds is 3. The van der Waals surface area contributed by atoms with Gasteiger partial charge in [0.25, 0.3) is 5.56 Å². The van der Waals surface area contributed by atoms with Gasteiger partial charge in [-0.25, -0.2) is 4.79 Å². The number of nitrogens with zero attached hydrogens (tertiary/aromatic N) is 3. The van der Waals surface area contributed by atoms with Crippen LogP contribution in [0, 0.1) is 6.92 Å². The molecule has 0 aliphatic carbocycles. The van der Waals surface area contributed by atoms with Gasteiger partial charge in [-0.05, 0) is 13.0 Å². The number of aryl methyl sites for hydroxylation is 4. The smallest absolute Gasteiger partial charge is 0.300 e. The molecule has 6 heteroatoms. The fraction of sp³-hybridized carbons (Fsp3) is 0.364. The number of hydrogen-bond acceptors (Lipinski definition) is 3. The average Bonchev–Trinajstić information content (AvgIpc) is 2.68. The van der Waals surface area contributed by atoms with Crippen molar-refractivity contribution >= 4 is 0 Å². The molecule has 0 spiro atoms. The van der Waals surface area contributed by atoms with E-state index in [1.165, 1.54) is 4.57 Å². The number of nitrogens with one attached hydrogen (secondary N) is 1. The van der Waals surface area contributed by atoms with Crippen molar-refractivity contribution in [3.05, 3.63) is 50.6 Å². The molecule has 90 valence electrons. The van der Waals surface area contributed by atoms with Crippen molar-refractivity contribution in [1.82, 2.24) is 19.3 Å². The van der Waals surface area contributed by atoms with Crippen LogP contribution >= 0.6 is 0 Å². The van der Waals surface area contributed by atoms with Gasteiger partial charge in [-0.2, -0.15) is 5.10 Å². The van der Waals surface area contributed by atoms with Crippen molar-refractivity contribution < 1.29 is 0 Å². The van der Waals surface area contributed by atoms with Crippen molar-refractivity contribution in [1.29, 1.82) is 0 Å². The first-order valence-corrected chi connectivity index (χ1v) is 5.35. The molecule has 6 nitrogen and oxygen atoms in total. The van der Waals surface area contributed by atoms with Crippen molar-refractivity contribution in [3.63, 3.8) is 0 Å². The van der Waals surface area contributed by atoms with Crippen molar-refractivity contribution in [3.8, 4) is 0 Å². The molecule has 2 rings (SSSR count). The highest BCUT2D eigenvalue weighted by Crippen LogP contribution is 1.98. The monoisotopic (exact) mass is 234 g/mol. The lowest BCUT2D eigenvalue weighted by Gasteiger charge is -2.06. The lowest BCUT2D eigenvalue weighted by Crippen LogP contribution is -2.31. The molecule has 0 aromatic carbocycles. The number of hydrogen-bond donors (Lipinski definition) is 1. The molecule has 0 aliphatic heterocycles. The third-order valence-corrected chi connectivity index (χ3v) is 2.72. The second-order valence-corrected chi connectivity index (χ2v) is 3.96. The van der Waals surface area contributed by atoms with E-state index in [9.17, 15) is 9.59 Å². The van der Waals surface area contributed by atoms with Gasteiger partial charge in [0.05, 0.1) is 0 Å². The quantitative estimate of drug-likeness (QED) is 0.800. The molecular formula is C11H14N4O2. The van der Waals surface area contributed by atoms with Gasteiger partial charge in [-0.15, -0.1) is 0 Å². The zero-order chi connectivity index (χ0) is 12.4. The molecule has 0 saturated heterocycles. The highest BCUT2D eigenvalue weighted by molar-refractivity contribution is 5.03. The summed E-state index contributed by atoms with van der Waals surface area (Å²) in [5.74, 6) is 0. The van der Waals surface area contributed by atoms with Crippen LogP contribution in [0.5, 0.6) is 0 Å². The topological polar surface area (TPSA) is 72.7 Å². The minimum Gasteiger partial charge on any atom is -0.300 e. The second-order valence-electron chi connectivity index (χ2n) is 3.96. The summed E-state index contributed by atoms with van der Waals surface area (Å²) in [6, 6.07) is 1.91. The first-order valence-electron chi connectivity index (χ1n) is 5.35. The zero-order valence-electron chi connectivity index (χ0n) is 9.80. The summed E-state index contributed by atoms with van der Waals surface area (Å²) in [5.41, 5.74) is 0.880. The highest BCUT2D eigenvalue weighted by atomic mass is 16.2. The van der Waals surface area contributed by atoms with Gasteiger partial charge in [0.15, 0.2) is 0 Å². The van der Waals surface area contributed by atoms with Gasteiger partial charge in [0.1, 0.15) is 0 Å². The first-order chi connectivity index (χ1) is 8.08. The third kappa shape index (κ3) is 2.35. The Balaban J connectivity index is 2.20. The average molecular weight is 234 g/mol. The summed E-state index contributed by atoms with van der Waals surface area (Å²) in [6.45, 7) is 2.20. The highest BCUT2D eigenvalue weighted by Gasteiger charge is 2.03. The maximum Gasteiger partial charge on any atom is 0.328 e. The van der Waals surface area contributed by atoms with Gasteiger partial charge in [0, 0.05) is 43.7 Å². The molecule has 0 atom stereocenters. The van der Waals surface area contributed by atoms with Crippen LogP contribution in [0.2, 0.25) is 0 Å². The van der Waals surface area contributed by atoms with Crippen molar-refractivity contribution in [2.24, 2.45) is 7.05 Å². The Labute approximate surface area is 97.5 Å². The van der Waals surface area contributed by atoms with Gasteiger partial charge >= 0.3 is 5.69 Å². The second kappa shape index (κ2) is 4.40. The Morgan fingerprint density at radius 1 is 1.41 bits per heavy atom. The maximum absolute atomic E-state index is 11.5. The van der Waals surface area contributed by atoms with E-state index in [0.29, 0.717) is 18.5 Å². The molecule has 2 aromatic rings. The summed E-state index contributed by atoms with van der Waals surface area (Å²) in [6.07, 6.45) is 4.00. The van der Waals surface area contributed by atoms with Crippen molar-refractivity contribution in [2.45, 2.75) is 19.9 Å². The SMILES string of the molecule is Cc1cn(CCc2ccnn2C)c(=O)[nH]c1=O.